The zero-order chi connectivity index (χ0) is 14.7. The Labute approximate surface area is 120 Å². The first-order valence-electron chi connectivity index (χ1n) is 7.42. The molecule has 2 rings (SSSR count). The molecule has 0 spiro atoms. The number of hydrogen-bond donors (Lipinski definition) is 3. The quantitative estimate of drug-likeness (QED) is 0.734. The number of nitrogen functional groups attached to an aromatic ring is 1. The summed E-state index contributed by atoms with van der Waals surface area (Å²) in [7, 11) is 0. The van der Waals surface area contributed by atoms with Crippen molar-refractivity contribution in [1.82, 2.24) is 0 Å². The molecule has 4 N–H and O–H groups in total. The Morgan fingerprint density at radius 2 is 2.10 bits per heavy atom. The van der Waals surface area contributed by atoms with Crippen LogP contribution in [0.5, 0.6) is 0 Å². The van der Waals surface area contributed by atoms with Gasteiger partial charge in [0, 0.05) is 17.4 Å². The zero-order valence-electron chi connectivity index (χ0n) is 12.3. The summed E-state index contributed by atoms with van der Waals surface area (Å²) in [4.78, 5) is 11.2. The van der Waals surface area contributed by atoms with Gasteiger partial charge in [-0.1, -0.05) is 26.2 Å². The number of carboxylic acids is 1. The Kier molecular flexibility index (Phi) is 4.53. The van der Waals surface area contributed by atoms with Crippen molar-refractivity contribution < 1.29 is 9.90 Å². The van der Waals surface area contributed by atoms with E-state index in [9.17, 15) is 9.90 Å². The van der Waals surface area contributed by atoms with Crippen molar-refractivity contribution in [3.63, 3.8) is 0 Å². The van der Waals surface area contributed by atoms with Gasteiger partial charge in [0.1, 0.15) is 0 Å². The molecule has 1 aliphatic rings. The number of rotatable bonds is 4. The summed E-state index contributed by atoms with van der Waals surface area (Å²) in [5.74, 6) is -0.292. The van der Waals surface area contributed by atoms with Crippen LogP contribution in [0.1, 0.15) is 54.9 Å². The van der Waals surface area contributed by atoms with Crippen LogP contribution in [0.25, 0.3) is 0 Å². The fraction of sp³-hybridized carbons (Fsp3) is 0.562. The molecule has 0 bridgehead atoms. The van der Waals surface area contributed by atoms with Crippen molar-refractivity contribution in [2.24, 2.45) is 5.92 Å². The maximum absolute atomic E-state index is 11.2. The predicted octanol–water partition coefficient (Wildman–Crippen LogP) is 3.66. The van der Waals surface area contributed by atoms with E-state index < -0.39 is 5.97 Å². The van der Waals surface area contributed by atoms with E-state index in [1.807, 2.05) is 13.0 Å². The third-order valence-corrected chi connectivity index (χ3v) is 4.40. The second kappa shape index (κ2) is 6.16. The number of benzene rings is 1. The Morgan fingerprint density at radius 1 is 1.40 bits per heavy atom. The molecule has 4 heteroatoms. The molecule has 110 valence electrons. The topological polar surface area (TPSA) is 75.3 Å². The number of anilines is 2. The largest absolute Gasteiger partial charge is 0.478 e. The molecule has 1 fully saturated rings. The van der Waals surface area contributed by atoms with Crippen molar-refractivity contribution >= 4 is 17.3 Å². The highest BCUT2D eigenvalue weighted by Gasteiger charge is 2.24. The molecule has 0 aromatic heterocycles. The highest BCUT2D eigenvalue weighted by atomic mass is 16.4. The van der Waals surface area contributed by atoms with E-state index in [2.05, 4.69) is 12.2 Å². The molecule has 0 aliphatic heterocycles. The van der Waals surface area contributed by atoms with Crippen LogP contribution in [0.15, 0.2) is 12.1 Å². The van der Waals surface area contributed by atoms with Crippen LogP contribution in [0.4, 0.5) is 11.4 Å². The van der Waals surface area contributed by atoms with Crippen molar-refractivity contribution in [3.05, 3.63) is 23.3 Å². The van der Waals surface area contributed by atoms with E-state index in [0.717, 1.165) is 24.1 Å². The Balaban J connectivity index is 2.22. The van der Waals surface area contributed by atoms with Crippen LogP contribution in [-0.4, -0.2) is 17.1 Å². The predicted molar refractivity (Wildman–Crippen MR) is 82.2 cm³/mol. The van der Waals surface area contributed by atoms with Crippen molar-refractivity contribution in [2.45, 2.75) is 52.0 Å². The highest BCUT2D eigenvalue weighted by Crippen LogP contribution is 2.31. The summed E-state index contributed by atoms with van der Waals surface area (Å²) >= 11 is 0. The van der Waals surface area contributed by atoms with Gasteiger partial charge in [-0.15, -0.1) is 0 Å². The number of nitrogens with one attached hydrogen (secondary N) is 1. The molecule has 0 heterocycles. The van der Waals surface area contributed by atoms with Gasteiger partial charge in [0.15, 0.2) is 0 Å². The lowest BCUT2D eigenvalue weighted by atomic mass is 9.82. The van der Waals surface area contributed by atoms with Gasteiger partial charge in [0.2, 0.25) is 0 Å². The molecule has 20 heavy (non-hydrogen) atoms. The van der Waals surface area contributed by atoms with Crippen molar-refractivity contribution in [3.8, 4) is 0 Å². The molecule has 1 aliphatic carbocycles. The first-order chi connectivity index (χ1) is 9.52. The number of aromatic carboxylic acids is 1. The summed E-state index contributed by atoms with van der Waals surface area (Å²) in [5.41, 5.74) is 8.07. The zero-order valence-corrected chi connectivity index (χ0v) is 12.3. The van der Waals surface area contributed by atoms with Crippen molar-refractivity contribution in [1.29, 1.82) is 0 Å². The minimum Gasteiger partial charge on any atom is -0.478 e. The van der Waals surface area contributed by atoms with Crippen LogP contribution in [0, 0.1) is 12.8 Å². The lowest BCUT2D eigenvalue weighted by molar-refractivity contribution is 0.0698. The number of aryl methyl sites for hydroxylation is 1. The maximum atomic E-state index is 11.2. The molecule has 1 saturated carbocycles. The molecular weight excluding hydrogens is 252 g/mol. The lowest BCUT2D eigenvalue weighted by Gasteiger charge is -2.32. The minimum absolute atomic E-state index is 0.191. The summed E-state index contributed by atoms with van der Waals surface area (Å²) in [6.45, 7) is 4.08. The normalized spacial score (nSPS) is 22.5. The van der Waals surface area contributed by atoms with Gasteiger partial charge in [-0.2, -0.15) is 0 Å². The molecular formula is C16H24N2O2. The minimum atomic E-state index is -0.968. The third-order valence-electron chi connectivity index (χ3n) is 4.40. The summed E-state index contributed by atoms with van der Waals surface area (Å²) in [5, 5.41) is 12.7. The van der Waals surface area contributed by atoms with Gasteiger partial charge < -0.3 is 16.2 Å². The van der Waals surface area contributed by atoms with Gasteiger partial charge >= 0.3 is 5.97 Å². The second-order valence-electron chi connectivity index (χ2n) is 5.76. The van der Waals surface area contributed by atoms with Crippen LogP contribution >= 0.6 is 0 Å². The van der Waals surface area contributed by atoms with Crippen LogP contribution in [0.3, 0.4) is 0 Å². The van der Waals surface area contributed by atoms with E-state index in [4.69, 9.17) is 5.73 Å². The number of nitrogens with two attached hydrogens (primary N) is 1. The highest BCUT2D eigenvalue weighted by molar-refractivity contribution is 5.95. The molecule has 0 amide bonds. The first kappa shape index (κ1) is 14.7. The molecule has 2 unspecified atom stereocenters. The van der Waals surface area contributed by atoms with E-state index in [0.29, 0.717) is 17.6 Å². The van der Waals surface area contributed by atoms with E-state index in [1.165, 1.54) is 19.3 Å². The Bertz CT molecular complexity index is 499. The standard InChI is InChI=1S/C16H24N2O2/c1-3-11-6-4-5-7-14(11)18-12-8-10(2)15(17)13(9-12)16(19)20/h8-9,11,14,18H,3-7,17H2,1-2H3,(H,19,20). The maximum Gasteiger partial charge on any atom is 0.337 e. The van der Waals surface area contributed by atoms with Gasteiger partial charge in [-0.05, 0) is 43.4 Å². The summed E-state index contributed by atoms with van der Waals surface area (Å²) < 4.78 is 0. The first-order valence-corrected chi connectivity index (χ1v) is 7.42. The molecule has 0 saturated heterocycles. The van der Waals surface area contributed by atoms with Gasteiger partial charge in [0.25, 0.3) is 0 Å². The van der Waals surface area contributed by atoms with Gasteiger partial charge in [-0.3, -0.25) is 0 Å². The second-order valence-corrected chi connectivity index (χ2v) is 5.76. The monoisotopic (exact) mass is 276 g/mol. The van der Waals surface area contributed by atoms with E-state index in [-0.39, 0.29) is 5.56 Å². The smallest absolute Gasteiger partial charge is 0.337 e. The summed E-state index contributed by atoms with van der Waals surface area (Å²) in [6.07, 6.45) is 6.13. The average molecular weight is 276 g/mol. The Hall–Kier alpha value is -1.71. The van der Waals surface area contributed by atoms with Crippen LogP contribution in [0.2, 0.25) is 0 Å². The van der Waals surface area contributed by atoms with Crippen molar-refractivity contribution in [2.75, 3.05) is 11.1 Å². The number of carbonyl (C=O) groups is 1. The van der Waals surface area contributed by atoms with E-state index in [1.54, 1.807) is 6.07 Å². The molecule has 2 atom stereocenters. The average Bonchev–Trinajstić information content (AvgIpc) is 2.43. The summed E-state index contributed by atoms with van der Waals surface area (Å²) in [6, 6.07) is 4.05. The fourth-order valence-electron chi connectivity index (χ4n) is 3.16. The number of hydrogen-bond acceptors (Lipinski definition) is 3. The molecule has 1 aromatic rings. The number of carboxylic acid groups (broad SMARTS) is 1. The molecule has 0 radical (unpaired) electrons. The van der Waals surface area contributed by atoms with E-state index >= 15 is 0 Å². The fourth-order valence-corrected chi connectivity index (χ4v) is 3.16. The van der Waals surface area contributed by atoms with Crippen LogP contribution in [-0.2, 0) is 0 Å². The Morgan fingerprint density at radius 3 is 2.75 bits per heavy atom. The van der Waals surface area contributed by atoms with Gasteiger partial charge in [-0.25, -0.2) is 4.79 Å². The molecule has 4 nitrogen and oxygen atoms in total. The SMILES string of the molecule is CCC1CCCCC1Nc1cc(C)c(N)c(C(=O)O)c1. The molecule has 1 aromatic carbocycles. The van der Waals surface area contributed by atoms with Gasteiger partial charge in [0.05, 0.1) is 5.56 Å². The third kappa shape index (κ3) is 3.06. The lowest BCUT2D eigenvalue weighted by Crippen LogP contribution is -2.31. The van der Waals surface area contributed by atoms with Crippen LogP contribution < -0.4 is 11.1 Å².